The molecule has 41 heavy (non-hydrogen) atoms. The number of thiophene rings is 1. The fourth-order valence-corrected chi connectivity index (χ4v) is 6.21. The van der Waals surface area contributed by atoms with Crippen LogP contribution in [-0.2, 0) is 14.3 Å². The number of ether oxygens (including phenoxy) is 2. The Kier molecular flexibility index (Phi) is 7.42. The zero-order valence-electron chi connectivity index (χ0n) is 24.7. The van der Waals surface area contributed by atoms with Crippen LogP contribution in [0.25, 0.3) is 16.1 Å². The Balaban J connectivity index is 1.55. The van der Waals surface area contributed by atoms with Crippen LogP contribution in [0.5, 0.6) is 0 Å². The van der Waals surface area contributed by atoms with Crippen LogP contribution in [0, 0.1) is 27.7 Å². The van der Waals surface area contributed by atoms with Crippen LogP contribution in [0.3, 0.4) is 0 Å². The lowest BCUT2D eigenvalue weighted by atomic mass is 9.95. The maximum Gasteiger partial charge on any atom is 0.338 e. The highest BCUT2D eigenvalue weighted by atomic mass is 32.1. The van der Waals surface area contributed by atoms with Gasteiger partial charge in [-0.3, -0.25) is 14.4 Å². The minimum absolute atomic E-state index is 0.0620. The number of esters is 2. The van der Waals surface area contributed by atoms with Gasteiger partial charge in [0.25, 0.3) is 0 Å². The summed E-state index contributed by atoms with van der Waals surface area (Å²) in [5, 5.41) is 9.74. The topological polar surface area (TPSA) is 95.7 Å². The minimum atomic E-state index is -0.554. The zero-order chi connectivity index (χ0) is 29.6. The standard InChI is InChI=1S/C32H34N4O4S/c1-17-15-23(13-14-24(17)31(38)40-32(5,6)7)21-9-11-22(12-10-21)28-27-18(2)19(3)41-30(27)36-20(4)34-35-29(36)25(33-28)16-26(37)39-8/h9-15,25H,16H2,1-8H3/t25-/m0/s1. The molecule has 0 N–H and O–H groups in total. The van der Waals surface area contributed by atoms with Crippen molar-refractivity contribution in [2.24, 2.45) is 4.99 Å². The van der Waals surface area contributed by atoms with Crippen molar-refractivity contribution in [2.45, 2.75) is 66.5 Å². The summed E-state index contributed by atoms with van der Waals surface area (Å²) < 4.78 is 12.6. The van der Waals surface area contributed by atoms with E-state index in [2.05, 4.69) is 48.3 Å². The zero-order valence-corrected chi connectivity index (χ0v) is 25.5. The van der Waals surface area contributed by atoms with E-state index in [0.29, 0.717) is 11.4 Å². The van der Waals surface area contributed by atoms with Crippen molar-refractivity contribution in [3.8, 4) is 16.1 Å². The number of aromatic nitrogens is 3. The van der Waals surface area contributed by atoms with Crippen LogP contribution in [-0.4, -0.2) is 45.1 Å². The summed E-state index contributed by atoms with van der Waals surface area (Å²) in [4.78, 5) is 31.3. The Bertz CT molecular complexity index is 1690. The summed E-state index contributed by atoms with van der Waals surface area (Å²) in [7, 11) is 1.38. The highest BCUT2D eigenvalue weighted by molar-refractivity contribution is 7.15. The second-order valence-electron chi connectivity index (χ2n) is 11.3. The molecular formula is C32H34N4O4S. The summed E-state index contributed by atoms with van der Waals surface area (Å²) >= 11 is 1.67. The smallest absolute Gasteiger partial charge is 0.338 e. The molecule has 0 fully saturated rings. The lowest BCUT2D eigenvalue weighted by molar-refractivity contribution is -0.141. The third kappa shape index (κ3) is 5.46. The van der Waals surface area contributed by atoms with Gasteiger partial charge >= 0.3 is 11.9 Å². The van der Waals surface area contributed by atoms with Crippen molar-refractivity contribution < 1.29 is 19.1 Å². The Hall–Kier alpha value is -4.11. The molecule has 4 aromatic rings. The molecule has 0 unspecified atom stereocenters. The molecular weight excluding hydrogens is 536 g/mol. The maximum atomic E-state index is 12.6. The van der Waals surface area contributed by atoms with Crippen molar-refractivity contribution in [3.63, 3.8) is 0 Å². The number of aliphatic imine (C=N–C) groups is 1. The molecule has 1 aliphatic heterocycles. The van der Waals surface area contributed by atoms with E-state index >= 15 is 0 Å². The molecule has 0 bridgehead atoms. The maximum absolute atomic E-state index is 12.6. The first-order valence-corrected chi connectivity index (χ1v) is 14.3. The summed E-state index contributed by atoms with van der Waals surface area (Å²) in [5.74, 6) is 0.688. The van der Waals surface area contributed by atoms with Crippen molar-refractivity contribution in [1.82, 2.24) is 14.8 Å². The second-order valence-corrected chi connectivity index (χ2v) is 12.5. The van der Waals surface area contributed by atoms with Crippen LogP contribution in [0.1, 0.15) is 82.4 Å². The molecule has 1 atom stereocenters. The van der Waals surface area contributed by atoms with Crippen LogP contribution in [0.15, 0.2) is 47.5 Å². The number of nitrogens with zero attached hydrogens (tertiary/aromatic N) is 4. The Morgan fingerprint density at radius 1 is 0.951 bits per heavy atom. The molecule has 5 rings (SSSR count). The van der Waals surface area contributed by atoms with E-state index in [0.717, 1.165) is 49.9 Å². The number of carbonyl (C=O) groups is 2. The van der Waals surface area contributed by atoms with Crippen LogP contribution >= 0.6 is 11.3 Å². The molecule has 0 spiro atoms. The van der Waals surface area contributed by atoms with E-state index in [1.165, 1.54) is 12.0 Å². The van der Waals surface area contributed by atoms with Gasteiger partial charge in [-0.25, -0.2) is 4.79 Å². The van der Waals surface area contributed by atoms with E-state index in [1.807, 2.05) is 57.4 Å². The number of methoxy groups -OCH3 is 1. The van der Waals surface area contributed by atoms with Gasteiger partial charge in [-0.15, -0.1) is 21.5 Å². The molecule has 9 heteroatoms. The summed E-state index contributed by atoms with van der Waals surface area (Å²) in [6.07, 6.45) is 0.0620. The molecule has 2 aromatic heterocycles. The Morgan fingerprint density at radius 2 is 1.61 bits per heavy atom. The molecule has 212 valence electrons. The molecule has 8 nitrogen and oxygen atoms in total. The van der Waals surface area contributed by atoms with E-state index in [9.17, 15) is 9.59 Å². The predicted octanol–water partition coefficient (Wildman–Crippen LogP) is 6.64. The first kappa shape index (κ1) is 28.4. The quantitative estimate of drug-likeness (QED) is 0.250. The fraction of sp³-hybridized carbons (Fsp3) is 0.344. The van der Waals surface area contributed by atoms with Gasteiger partial charge in [-0.05, 0) is 76.8 Å². The first-order valence-electron chi connectivity index (χ1n) is 13.5. The minimum Gasteiger partial charge on any atom is -0.469 e. The van der Waals surface area contributed by atoms with Crippen molar-refractivity contribution in [2.75, 3.05) is 7.11 Å². The van der Waals surface area contributed by atoms with Gasteiger partial charge in [0.15, 0.2) is 5.82 Å². The number of carbonyl (C=O) groups excluding carboxylic acids is 2. The highest BCUT2D eigenvalue weighted by Crippen LogP contribution is 2.39. The van der Waals surface area contributed by atoms with Crippen LogP contribution in [0.2, 0.25) is 0 Å². The monoisotopic (exact) mass is 570 g/mol. The van der Waals surface area contributed by atoms with Crippen molar-refractivity contribution in [3.05, 3.63) is 86.8 Å². The number of rotatable bonds is 5. The summed E-state index contributed by atoms with van der Waals surface area (Å²) in [6.45, 7) is 13.6. The highest BCUT2D eigenvalue weighted by Gasteiger charge is 2.32. The number of aryl methyl sites for hydroxylation is 3. The van der Waals surface area contributed by atoms with Gasteiger partial charge in [-0.1, -0.05) is 36.4 Å². The van der Waals surface area contributed by atoms with Crippen LogP contribution < -0.4 is 0 Å². The molecule has 0 radical (unpaired) electrons. The van der Waals surface area contributed by atoms with Gasteiger partial charge in [0.1, 0.15) is 22.5 Å². The number of hydrogen-bond acceptors (Lipinski definition) is 8. The normalized spacial score (nSPS) is 14.5. The fourth-order valence-electron chi connectivity index (χ4n) is 4.99. The average Bonchev–Trinajstić information content (AvgIpc) is 3.39. The lowest BCUT2D eigenvalue weighted by Gasteiger charge is -2.20. The molecule has 0 aliphatic carbocycles. The van der Waals surface area contributed by atoms with E-state index in [-0.39, 0.29) is 18.4 Å². The second kappa shape index (κ2) is 10.7. The first-order chi connectivity index (χ1) is 19.4. The molecule has 0 amide bonds. The van der Waals surface area contributed by atoms with Gasteiger partial charge in [0, 0.05) is 16.0 Å². The third-order valence-electron chi connectivity index (χ3n) is 7.16. The molecule has 1 aliphatic rings. The predicted molar refractivity (Wildman–Crippen MR) is 160 cm³/mol. The van der Waals surface area contributed by atoms with E-state index in [4.69, 9.17) is 14.5 Å². The molecule has 0 saturated carbocycles. The number of hydrogen-bond donors (Lipinski definition) is 0. The van der Waals surface area contributed by atoms with E-state index in [1.54, 1.807) is 11.3 Å². The van der Waals surface area contributed by atoms with Gasteiger partial charge in [0.2, 0.25) is 0 Å². The molecule has 3 heterocycles. The molecule has 2 aromatic carbocycles. The lowest BCUT2D eigenvalue weighted by Crippen LogP contribution is -2.24. The van der Waals surface area contributed by atoms with Crippen LogP contribution in [0.4, 0.5) is 0 Å². The van der Waals surface area contributed by atoms with Gasteiger partial charge < -0.3 is 9.47 Å². The molecule has 0 saturated heterocycles. The Morgan fingerprint density at radius 3 is 2.24 bits per heavy atom. The van der Waals surface area contributed by atoms with Gasteiger partial charge in [0.05, 0.1) is 24.8 Å². The van der Waals surface area contributed by atoms with E-state index < -0.39 is 11.6 Å². The number of benzene rings is 2. The summed E-state index contributed by atoms with van der Waals surface area (Å²) in [6, 6.07) is 13.4. The van der Waals surface area contributed by atoms with Crippen molar-refractivity contribution in [1.29, 1.82) is 0 Å². The summed E-state index contributed by atoms with van der Waals surface area (Å²) in [5.41, 5.74) is 6.77. The van der Waals surface area contributed by atoms with Gasteiger partial charge in [-0.2, -0.15) is 0 Å². The SMILES string of the molecule is COC(=O)C[C@@H]1N=C(c2ccc(-c3ccc(C(=O)OC(C)(C)C)c(C)c3)cc2)c2c(sc(C)c2C)-n2c(C)nnc21. The third-order valence-corrected chi connectivity index (χ3v) is 8.36. The van der Waals surface area contributed by atoms with Crippen molar-refractivity contribution >= 4 is 29.0 Å². The largest absolute Gasteiger partial charge is 0.469 e. The Labute approximate surface area is 244 Å². The number of fused-ring (bicyclic) bond motifs is 3. The average molecular weight is 571 g/mol.